The number of aryl methyl sites for hydroxylation is 2. The molecule has 2 aromatic heterocycles. The summed E-state index contributed by atoms with van der Waals surface area (Å²) in [6.07, 6.45) is 1.64. The predicted molar refractivity (Wildman–Crippen MR) is 102 cm³/mol. The zero-order valence-corrected chi connectivity index (χ0v) is 15.8. The first-order chi connectivity index (χ1) is 13.5. The molecule has 144 valence electrons. The zero-order chi connectivity index (χ0) is 19.9. The second-order valence-electron chi connectivity index (χ2n) is 5.94. The number of esters is 1. The quantitative estimate of drug-likeness (QED) is 0.606. The Balaban J connectivity index is 1.42. The Kier molecular flexibility index (Phi) is 6.33. The molecular formula is C19H17ClN4O4. The molecule has 0 aliphatic heterocycles. The number of ether oxygens (including phenoxy) is 1. The highest BCUT2D eigenvalue weighted by Crippen LogP contribution is 2.18. The van der Waals surface area contributed by atoms with Crippen LogP contribution in [0.3, 0.4) is 0 Å². The molecule has 0 spiro atoms. The Morgan fingerprint density at radius 2 is 1.93 bits per heavy atom. The molecule has 0 radical (unpaired) electrons. The minimum Gasteiger partial charge on any atom is -0.456 e. The third-order valence-corrected chi connectivity index (χ3v) is 3.89. The lowest BCUT2D eigenvalue weighted by molar-refractivity contribution is -0.147. The van der Waals surface area contributed by atoms with E-state index in [1.165, 1.54) is 6.20 Å². The minimum atomic E-state index is -0.547. The molecule has 0 saturated carbocycles. The van der Waals surface area contributed by atoms with Gasteiger partial charge in [0.15, 0.2) is 6.61 Å². The van der Waals surface area contributed by atoms with E-state index in [1.54, 1.807) is 12.1 Å². The van der Waals surface area contributed by atoms with Gasteiger partial charge in [-0.2, -0.15) is 0 Å². The molecule has 2 heterocycles. The number of hydrogen-bond acceptors (Lipinski definition) is 7. The summed E-state index contributed by atoms with van der Waals surface area (Å²) in [5, 5.41) is 10.8. The lowest BCUT2D eigenvalue weighted by Crippen LogP contribution is -2.21. The summed E-state index contributed by atoms with van der Waals surface area (Å²) in [6.45, 7) is 1.57. The summed E-state index contributed by atoms with van der Waals surface area (Å²) in [6, 6.07) is 10.8. The van der Waals surface area contributed by atoms with Gasteiger partial charge in [0.2, 0.25) is 11.8 Å². The highest BCUT2D eigenvalue weighted by molar-refractivity contribution is 6.30. The minimum absolute atomic E-state index is 0.0159. The Morgan fingerprint density at radius 1 is 1.14 bits per heavy atom. The number of halogens is 1. The SMILES string of the molecule is Cc1ccc(-c2nnc(CCC(=O)OCC(=O)Nc3ccc(Cl)cn3)o2)cc1. The molecule has 0 atom stereocenters. The van der Waals surface area contributed by atoms with Gasteiger partial charge in [0.25, 0.3) is 5.91 Å². The van der Waals surface area contributed by atoms with Crippen molar-refractivity contribution in [1.82, 2.24) is 15.2 Å². The van der Waals surface area contributed by atoms with Gasteiger partial charge in [0, 0.05) is 18.2 Å². The van der Waals surface area contributed by atoms with Crippen LogP contribution in [0.4, 0.5) is 5.82 Å². The number of aromatic nitrogens is 3. The fourth-order valence-electron chi connectivity index (χ4n) is 2.22. The predicted octanol–water partition coefficient (Wildman–Crippen LogP) is 3.21. The molecule has 1 aromatic carbocycles. The van der Waals surface area contributed by atoms with Gasteiger partial charge in [-0.1, -0.05) is 29.3 Å². The van der Waals surface area contributed by atoms with Gasteiger partial charge in [-0.05, 0) is 31.2 Å². The largest absolute Gasteiger partial charge is 0.456 e. The van der Waals surface area contributed by atoms with Crippen LogP contribution in [0, 0.1) is 6.92 Å². The maximum absolute atomic E-state index is 11.8. The number of carbonyl (C=O) groups excluding carboxylic acids is 2. The molecule has 0 bridgehead atoms. The van der Waals surface area contributed by atoms with E-state index in [-0.39, 0.29) is 12.8 Å². The number of amides is 1. The maximum atomic E-state index is 11.8. The molecule has 8 nitrogen and oxygen atoms in total. The third-order valence-electron chi connectivity index (χ3n) is 3.67. The van der Waals surface area contributed by atoms with Crippen LogP contribution in [0.25, 0.3) is 11.5 Å². The molecule has 0 saturated heterocycles. The van der Waals surface area contributed by atoms with Crippen LogP contribution in [0.1, 0.15) is 17.9 Å². The second kappa shape index (κ2) is 9.09. The number of pyridine rings is 1. The molecule has 1 N–H and O–H groups in total. The second-order valence-corrected chi connectivity index (χ2v) is 6.37. The van der Waals surface area contributed by atoms with Crippen molar-refractivity contribution in [3.05, 3.63) is 59.1 Å². The monoisotopic (exact) mass is 400 g/mol. The van der Waals surface area contributed by atoms with Gasteiger partial charge in [0.05, 0.1) is 11.4 Å². The van der Waals surface area contributed by atoms with Gasteiger partial charge in [-0.15, -0.1) is 10.2 Å². The molecule has 9 heteroatoms. The lowest BCUT2D eigenvalue weighted by Gasteiger charge is -2.05. The summed E-state index contributed by atoms with van der Waals surface area (Å²) in [7, 11) is 0. The van der Waals surface area contributed by atoms with Gasteiger partial charge >= 0.3 is 5.97 Å². The van der Waals surface area contributed by atoms with Crippen LogP contribution in [-0.2, 0) is 20.7 Å². The van der Waals surface area contributed by atoms with E-state index in [2.05, 4.69) is 20.5 Å². The molecule has 28 heavy (non-hydrogen) atoms. The first-order valence-corrected chi connectivity index (χ1v) is 8.84. The van der Waals surface area contributed by atoms with Gasteiger partial charge < -0.3 is 14.5 Å². The van der Waals surface area contributed by atoms with Crippen LogP contribution in [-0.4, -0.2) is 33.7 Å². The van der Waals surface area contributed by atoms with E-state index in [4.69, 9.17) is 20.8 Å². The Hall–Kier alpha value is -3.26. The van der Waals surface area contributed by atoms with Crippen molar-refractivity contribution in [2.24, 2.45) is 0 Å². The van der Waals surface area contributed by atoms with E-state index in [1.807, 2.05) is 31.2 Å². The highest BCUT2D eigenvalue weighted by atomic mass is 35.5. The van der Waals surface area contributed by atoms with Crippen molar-refractivity contribution in [3.8, 4) is 11.5 Å². The average molecular weight is 401 g/mol. The zero-order valence-electron chi connectivity index (χ0n) is 15.0. The topological polar surface area (TPSA) is 107 Å². The van der Waals surface area contributed by atoms with Crippen molar-refractivity contribution >= 4 is 29.3 Å². The molecule has 0 unspecified atom stereocenters. The molecular weight excluding hydrogens is 384 g/mol. The Labute approximate surface area is 165 Å². The lowest BCUT2D eigenvalue weighted by atomic mass is 10.1. The van der Waals surface area contributed by atoms with Gasteiger partial charge in [-0.3, -0.25) is 9.59 Å². The number of nitrogens with one attached hydrogen (secondary N) is 1. The van der Waals surface area contributed by atoms with Crippen molar-refractivity contribution in [2.75, 3.05) is 11.9 Å². The summed E-state index contributed by atoms with van der Waals surface area (Å²) >= 11 is 5.72. The van der Waals surface area contributed by atoms with Gasteiger partial charge in [0.1, 0.15) is 5.82 Å². The number of rotatable bonds is 7. The average Bonchev–Trinajstić information content (AvgIpc) is 3.16. The summed E-state index contributed by atoms with van der Waals surface area (Å²) < 4.78 is 10.5. The number of carbonyl (C=O) groups is 2. The van der Waals surface area contributed by atoms with E-state index < -0.39 is 18.5 Å². The van der Waals surface area contributed by atoms with E-state index in [0.717, 1.165) is 11.1 Å². The smallest absolute Gasteiger partial charge is 0.306 e. The van der Waals surface area contributed by atoms with Gasteiger partial charge in [-0.25, -0.2) is 4.98 Å². The normalized spacial score (nSPS) is 10.5. The standard InChI is InChI=1S/C19H17ClN4O4/c1-12-2-4-13(5-3-12)19-24-23-17(28-19)8-9-18(26)27-11-16(25)22-15-7-6-14(20)10-21-15/h2-7,10H,8-9,11H2,1H3,(H,21,22,25). The van der Waals surface area contributed by atoms with E-state index in [9.17, 15) is 9.59 Å². The molecule has 3 aromatic rings. The fourth-order valence-corrected chi connectivity index (χ4v) is 2.34. The number of hydrogen-bond donors (Lipinski definition) is 1. The molecule has 0 aliphatic rings. The number of nitrogens with zero attached hydrogens (tertiary/aromatic N) is 3. The molecule has 0 aliphatic carbocycles. The summed E-state index contributed by atoms with van der Waals surface area (Å²) in [4.78, 5) is 27.5. The Bertz CT molecular complexity index is 955. The van der Waals surface area contributed by atoms with E-state index >= 15 is 0 Å². The summed E-state index contributed by atoms with van der Waals surface area (Å²) in [5.74, 6) is -0.0163. The maximum Gasteiger partial charge on any atom is 0.306 e. The first kappa shape index (κ1) is 19.5. The van der Waals surface area contributed by atoms with Crippen LogP contribution in [0.5, 0.6) is 0 Å². The third kappa shape index (κ3) is 5.62. The number of anilines is 1. The molecule has 0 fully saturated rings. The van der Waals surface area contributed by atoms with Crippen molar-refractivity contribution < 1.29 is 18.7 Å². The van der Waals surface area contributed by atoms with Crippen LogP contribution in [0.2, 0.25) is 5.02 Å². The fraction of sp³-hybridized carbons (Fsp3) is 0.211. The molecule has 3 rings (SSSR count). The Morgan fingerprint density at radius 3 is 2.64 bits per heavy atom. The van der Waals surface area contributed by atoms with Crippen LogP contribution < -0.4 is 5.32 Å². The first-order valence-electron chi connectivity index (χ1n) is 8.46. The number of benzene rings is 1. The van der Waals surface area contributed by atoms with E-state index in [0.29, 0.717) is 22.6 Å². The van der Waals surface area contributed by atoms with Crippen molar-refractivity contribution in [3.63, 3.8) is 0 Å². The molecule has 1 amide bonds. The van der Waals surface area contributed by atoms with Crippen LogP contribution in [0.15, 0.2) is 47.0 Å². The van der Waals surface area contributed by atoms with Crippen LogP contribution >= 0.6 is 11.6 Å². The summed E-state index contributed by atoms with van der Waals surface area (Å²) in [5.41, 5.74) is 1.93. The van der Waals surface area contributed by atoms with Crippen molar-refractivity contribution in [1.29, 1.82) is 0 Å². The van der Waals surface area contributed by atoms with Crippen molar-refractivity contribution in [2.45, 2.75) is 19.8 Å². The highest BCUT2D eigenvalue weighted by Gasteiger charge is 2.13.